The first-order valence-corrected chi connectivity index (χ1v) is 8.57. The zero-order chi connectivity index (χ0) is 18.2. The molecule has 0 bridgehead atoms. The summed E-state index contributed by atoms with van der Waals surface area (Å²) >= 11 is 0. The molecule has 0 aliphatic rings. The van der Waals surface area contributed by atoms with E-state index in [2.05, 4.69) is 49.4 Å². The van der Waals surface area contributed by atoms with E-state index in [1.165, 1.54) is 5.56 Å². The van der Waals surface area contributed by atoms with E-state index in [0.29, 0.717) is 6.42 Å². The summed E-state index contributed by atoms with van der Waals surface area (Å²) in [6.07, 6.45) is 0.549. The Morgan fingerprint density at radius 1 is 1.12 bits per heavy atom. The van der Waals surface area contributed by atoms with Gasteiger partial charge in [0.2, 0.25) is 0 Å². The van der Waals surface area contributed by atoms with Gasteiger partial charge in [-0.05, 0) is 30.0 Å². The molecule has 3 aromatic rings. The van der Waals surface area contributed by atoms with Crippen LogP contribution >= 0.6 is 0 Å². The van der Waals surface area contributed by atoms with Crippen LogP contribution in [0.15, 0.2) is 42.5 Å². The quantitative estimate of drug-likeness (QED) is 0.756. The maximum atomic E-state index is 11.1. The second-order valence-corrected chi connectivity index (χ2v) is 7.49. The molecule has 4 nitrogen and oxygen atoms in total. The van der Waals surface area contributed by atoms with Gasteiger partial charge in [-0.2, -0.15) is 0 Å². The minimum Gasteiger partial charge on any atom is -0.481 e. The average Bonchev–Trinajstić information content (AvgIpc) is 2.92. The van der Waals surface area contributed by atoms with Crippen LogP contribution in [-0.2, 0) is 16.6 Å². The third kappa shape index (κ3) is 3.43. The van der Waals surface area contributed by atoms with E-state index in [1.807, 2.05) is 25.1 Å². The number of pyridine rings is 1. The van der Waals surface area contributed by atoms with Gasteiger partial charge in [-0.1, -0.05) is 51.1 Å². The molecular formula is C21H24N2O2. The van der Waals surface area contributed by atoms with Crippen molar-refractivity contribution >= 4 is 11.6 Å². The number of imidazole rings is 1. The summed E-state index contributed by atoms with van der Waals surface area (Å²) in [4.78, 5) is 15.9. The summed E-state index contributed by atoms with van der Waals surface area (Å²) in [6.45, 7) is 8.59. The second kappa shape index (κ2) is 6.36. The predicted molar refractivity (Wildman–Crippen MR) is 100 cm³/mol. The monoisotopic (exact) mass is 336 g/mol. The SMILES string of the molecule is Cc1cccc2nc(-c3ccc(C(C)(C)C)cc3)c(CCC(=O)O)n12. The van der Waals surface area contributed by atoms with Gasteiger partial charge >= 0.3 is 5.97 Å². The van der Waals surface area contributed by atoms with Gasteiger partial charge in [0.25, 0.3) is 0 Å². The van der Waals surface area contributed by atoms with E-state index in [-0.39, 0.29) is 11.8 Å². The summed E-state index contributed by atoms with van der Waals surface area (Å²) in [5.41, 5.74) is 6.13. The van der Waals surface area contributed by atoms with Gasteiger partial charge in [0.15, 0.2) is 0 Å². The third-order valence-electron chi connectivity index (χ3n) is 4.53. The van der Waals surface area contributed by atoms with Crippen molar-refractivity contribution in [3.05, 3.63) is 59.4 Å². The zero-order valence-electron chi connectivity index (χ0n) is 15.2. The van der Waals surface area contributed by atoms with E-state index < -0.39 is 5.97 Å². The minimum atomic E-state index is -0.794. The second-order valence-electron chi connectivity index (χ2n) is 7.49. The van der Waals surface area contributed by atoms with Gasteiger partial charge in [0.1, 0.15) is 5.65 Å². The van der Waals surface area contributed by atoms with Crippen molar-refractivity contribution in [2.75, 3.05) is 0 Å². The van der Waals surface area contributed by atoms with E-state index in [4.69, 9.17) is 10.1 Å². The Kier molecular flexibility index (Phi) is 4.38. The standard InChI is InChI=1S/C21H24N2O2/c1-14-6-5-7-18-22-20(17(23(14)18)12-13-19(24)25)15-8-10-16(11-9-15)21(2,3)4/h5-11H,12-13H2,1-4H3,(H,24,25). The number of aromatic nitrogens is 2. The number of carboxylic acids is 1. The van der Waals surface area contributed by atoms with Crippen molar-refractivity contribution in [3.8, 4) is 11.3 Å². The molecule has 3 rings (SSSR count). The van der Waals surface area contributed by atoms with Crippen molar-refractivity contribution in [3.63, 3.8) is 0 Å². The van der Waals surface area contributed by atoms with E-state index in [1.54, 1.807) is 0 Å². The predicted octanol–water partition coefficient (Wildman–Crippen LogP) is 4.62. The molecular weight excluding hydrogens is 312 g/mol. The van der Waals surface area contributed by atoms with Crippen molar-refractivity contribution in [2.45, 2.75) is 46.0 Å². The Balaban J connectivity index is 2.13. The highest BCUT2D eigenvalue weighted by Crippen LogP contribution is 2.29. The number of aliphatic carboxylic acids is 1. The fraction of sp³-hybridized carbons (Fsp3) is 0.333. The minimum absolute atomic E-state index is 0.0925. The molecule has 0 saturated heterocycles. The van der Waals surface area contributed by atoms with Gasteiger partial charge in [0.05, 0.1) is 17.8 Å². The molecule has 130 valence electrons. The summed E-state index contributed by atoms with van der Waals surface area (Å²) in [6, 6.07) is 14.4. The molecule has 0 aliphatic carbocycles. The molecule has 25 heavy (non-hydrogen) atoms. The van der Waals surface area contributed by atoms with Crippen LogP contribution in [-0.4, -0.2) is 20.5 Å². The normalized spacial score (nSPS) is 11.8. The van der Waals surface area contributed by atoms with E-state index in [0.717, 1.165) is 28.3 Å². The summed E-state index contributed by atoms with van der Waals surface area (Å²) in [5, 5.41) is 9.11. The molecule has 0 radical (unpaired) electrons. The molecule has 1 N–H and O–H groups in total. The molecule has 0 fully saturated rings. The van der Waals surface area contributed by atoms with Gasteiger partial charge in [-0.15, -0.1) is 0 Å². The Morgan fingerprint density at radius 3 is 2.40 bits per heavy atom. The van der Waals surface area contributed by atoms with Crippen molar-refractivity contribution in [1.29, 1.82) is 0 Å². The fourth-order valence-corrected chi connectivity index (χ4v) is 3.14. The molecule has 0 atom stereocenters. The first-order valence-electron chi connectivity index (χ1n) is 8.57. The lowest BCUT2D eigenvalue weighted by atomic mass is 9.86. The third-order valence-corrected chi connectivity index (χ3v) is 4.53. The van der Waals surface area contributed by atoms with Crippen LogP contribution in [0.3, 0.4) is 0 Å². The van der Waals surface area contributed by atoms with E-state index in [9.17, 15) is 4.79 Å². The number of rotatable bonds is 4. The number of carbonyl (C=O) groups is 1. The first kappa shape index (κ1) is 17.2. The average molecular weight is 336 g/mol. The van der Waals surface area contributed by atoms with Crippen LogP contribution in [0.5, 0.6) is 0 Å². The van der Waals surface area contributed by atoms with Crippen LogP contribution in [0.1, 0.15) is 44.1 Å². The molecule has 0 aliphatic heterocycles. The van der Waals surface area contributed by atoms with Crippen LogP contribution < -0.4 is 0 Å². The van der Waals surface area contributed by atoms with Crippen LogP contribution in [0.25, 0.3) is 16.9 Å². The number of carboxylic acid groups (broad SMARTS) is 1. The smallest absolute Gasteiger partial charge is 0.303 e. The molecule has 4 heteroatoms. The van der Waals surface area contributed by atoms with Crippen LogP contribution in [0.2, 0.25) is 0 Å². The molecule has 2 heterocycles. The van der Waals surface area contributed by atoms with Crippen LogP contribution in [0.4, 0.5) is 0 Å². The van der Waals surface area contributed by atoms with Gasteiger partial charge in [0, 0.05) is 17.7 Å². The summed E-state index contributed by atoms with van der Waals surface area (Å²) in [5.74, 6) is -0.794. The Morgan fingerprint density at radius 2 is 1.80 bits per heavy atom. The number of aryl methyl sites for hydroxylation is 2. The topological polar surface area (TPSA) is 54.6 Å². The number of hydrogen-bond acceptors (Lipinski definition) is 2. The van der Waals surface area contributed by atoms with Crippen molar-refractivity contribution in [1.82, 2.24) is 9.38 Å². The molecule has 2 aromatic heterocycles. The number of nitrogens with zero attached hydrogens (tertiary/aromatic N) is 2. The highest BCUT2D eigenvalue weighted by Gasteiger charge is 2.18. The lowest BCUT2D eigenvalue weighted by molar-refractivity contribution is -0.136. The molecule has 0 unspecified atom stereocenters. The van der Waals surface area contributed by atoms with Gasteiger partial charge in [-0.3, -0.25) is 4.79 Å². The fourth-order valence-electron chi connectivity index (χ4n) is 3.14. The largest absolute Gasteiger partial charge is 0.481 e. The highest BCUT2D eigenvalue weighted by atomic mass is 16.4. The highest BCUT2D eigenvalue weighted by molar-refractivity contribution is 5.70. The van der Waals surface area contributed by atoms with Gasteiger partial charge in [-0.25, -0.2) is 4.98 Å². The zero-order valence-corrected chi connectivity index (χ0v) is 15.2. The van der Waals surface area contributed by atoms with Crippen LogP contribution in [0, 0.1) is 6.92 Å². The van der Waals surface area contributed by atoms with E-state index >= 15 is 0 Å². The number of hydrogen-bond donors (Lipinski definition) is 1. The molecule has 0 amide bonds. The Bertz CT molecular complexity index is 915. The number of benzene rings is 1. The molecule has 0 spiro atoms. The maximum Gasteiger partial charge on any atom is 0.303 e. The Hall–Kier alpha value is -2.62. The lowest BCUT2D eigenvalue weighted by Crippen LogP contribution is -2.10. The first-order chi connectivity index (χ1) is 11.8. The molecule has 1 aromatic carbocycles. The summed E-state index contributed by atoms with van der Waals surface area (Å²) < 4.78 is 2.07. The van der Waals surface area contributed by atoms with Crippen molar-refractivity contribution in [2.24, 2.45) is 0 Å². The number of fused-ring (bicyclic) bond motifs is 1. The summed E-state index contributed by atoms with van der Waals surface area (Å²) in [7, 11) is 0. The maximum absolute atomic E-state index is 11.1. The Labute approximate surface area is 148 Å². The van der Waals surface area contributed by atoms with Crippen molar-refractivity contribution < 1.29 is 9.90 Å². The molecule has 0 saturated carbocycles. The lowest BCUT2D eigenvalue weighted by Gasteiger charge is -2.19. The van der Waals surface area contributed by atoms with Gasteiger partial charge < -0.3 is 9.51 Å².